The highest BCUT2D eigenvalue weighted by atomic mass is 16.5. The third kappa shape index (κ3) is 2.39. The summed E-state index contributed by atoms with van der Waals surface area (Å²) in [5, 5.41) is 4.07. The van der Waals surface area contributed by atoms with Gasteiger partial charge in [0.05, 0.1) is 0 Å². The Kier molecular flexibility index (Phi) is 3.08. The Bertz CT molecular complexity index is 659. The molecule has 0 unspecified atom stereocenters. The molecule has 0 fully saturated rings. The van der Waals surface area contributed by atoms with Crippen LogP contribution in [0.5, 0.6) is 0 Å². The van der Waals surface area contributed by atoms with Crippen LogP contribution in [-0.2, 0) is 6.54 Å². The zero-order chi connectivity index (χ0) is 13.1. The predicted molar refractivity (Wildman–Crippen MR) is 73.1 cm³/mol. The first-order valence-electron chi connectivity index (χ1n) is 6.04. The molecule has 0 aliphatic carbocycles. The molecule has 4 heteroatoms. The lowest BCUT2D eigenvalue weighted by molar-refractivity contribution is 0.433. The van der Waals surface area contributed by atoms with Gasteiger partial charge in [-0.25, -0.2) is 0 Å². The van der Waals surface area contributed by atoms with Crippen LogP contribution >= 0.6 is 0 Å². The maximum atomic E-state index is 5.58. The monoisotopic (exact) mass is 251 g/mol. The van der Waals surface area contributed by atoms with Crippen molar-refractivity contribution in [1.29, 1.82) is 0 Å². The lowest BCUT2D eigenvalue weighted by atomic mass is 10.1. The minimum Gasteiger partial charge on any atom is -0.354 e. The zero-order valence-electron chi connectivity index (χ0n) is 10.3. The number of nitrogens with two attached hydrogens (primary N) is 1. The number of hydrogen-bond donors (Lipinski definition) is 1. The average Bonchev–Trinajstić information content (AvgIpc) is 2.98. The van der Waals surface area contributed by atoms with Crippen molar-refractivity contribution in [3.8, 4) is 22.7 Å². The molecule has 0 aliphatic heterocycles. The summed E-state index contributed by atoms with van der Waals surface area (Å²) in [4.78, 5) is 4.23. The quantitative estimate of drug-likeness (QED) is 0.777. The highest BCUT2D eigenvalue weighted by Gasteiger charge is 2.08. The molecule has 0 atom stereocenters. The van der Waals surface area contributed by atoms with Crippen molar-refractivity contribution in [3.05, 3.63) is 60.3 Å². The fraction of sp³-hybridized carbons (Fsp3) is 0.0667. The van der Waals surface area contributed by atoms with Crippen LogP contribution < -0.4 is 5.73 Å². The first kappa shape index (κ1) is 11.6. The maximum absolute atomic E-state index is 5.58. The molecule has 0 saturated heterocycles. The smallest absolute Gasteiger partial charge is 0.185 e. The molecule has 0 bridgehead atoms. The van der Waals surface area contributed by atoms with E-state index >= 15 is 0 Å². The molecule has 2 N–H and O–H groups in total. The van der Waals surface area contributed by atoms with Crippen LogP contribution in [0.3, 0.4) is 0 Å². The summed E-state index contributed by atoms with van der Waals surface area (Å²) >= 11 is 0. The van der Waals surface area contributed by atoms with Gasteiger partial charge in [-0.3, -0.25) is 4.98 Å². The Morgan fingerprint density at radius 3 is 2.53 bits per heavy atom. The van der Waals surface area contributed by atoms with Gasteiger partial charge in [-0.2, -0.15) is 0 Å². The van der Waals surface area contributed by atoms with Crippen LogP contribution in [-0.4, -0.2) is 10.1 Å². The van der Waals surface area contributed by atoms with Gasteiger partial charge in [0, 0.05) is 24.4 Å². The normalized spacial score (nSPS) is 10.6. The first-order chi connectivity index (χ1) is 9.36. The highest BCUT2D eigenvalue weighted by molar-refractivity contribution is 5.64. The van der Waals surface area contributed by atoms with Crippen molar-refractivity contribution < 1.29 is 4.52 Å². The van der Waals surface area contributed by atoms with Crippen LogP contribution in [0.25, 0.3) is 22.7 Å². The summed E-state index contributed by atoms with van der Waals surface area (Å²) in [6.07, 6.45) is 1.73. The molecule has 19 heavy (non-hydrogen) atoms. The molecule has 4 nitrogen and oxygen atoms in total. The van der Waals surface area contributed by atoms with Gasteiger partial charge in [0.2, 0.25) is 0 Å². The Balaban J connectivity index is 1.92. The fourth-order valence-corrected chi connectivity index (χ4v) is 1.85. The van der Waals surface area contributed by atoms with E-state index in [0.717, 1.165) is 22.5 Å². The molecule has 2 aromatic heterocycles. The Labute approximate surface area is 110 Å². The molecular weight excluding hydrogens is 238 g/mol. The summed E-state index contributed by atoms with van der Waals surface area (Å²) in [5.41, 5.74) is 9.25. The number of pyridine rings is 1. The van der Waals surface area contributed by atoms with Crippen molar-refractivity contribution in [1.82, 2.24) is 10.1 Å². The van der Waals surface area contributed by atoms with Crippen LogP contribution in [0.15, 0.2) is 59.3 Å². The van der Waals surface area contributed by atoms with Gasteiger partial charge in [0.1, 0.15) is 11.4 Å². The van der Waals surface area contributed by atoms with E-state index in [0.29, 0.717) is 12.3 Å². The maximum Gasteiger partial charge on any atom is 0.185 e. The summed E-state index contributed by atoms with van der Waals surface area (Å²) in [5.74, 6) is 0.665. The standard InChI is InChI=1S/C15H13N3O/c16-10-11-4-6-12(7-5-11)14-9-15(19-18-14)13-3-1-2-8-17-13/h1-9H,10,16H2. The van der Waals surface area contributed by atoms with Crippen LogP contribution in [0.2, 0.25) is 0 Å². The lowest BCUT2D eigenvalue weighted by Gasteiger charge is -1.97. The SMILES string of the molecule is NCc1ccc(-c2cc(-c3ccccn3)on2)cc1. The second-order valence-corrected chi connectivity index (χ2v) is 4.19. The average molecular weight is 251 g/mol. The largest absolute Gasteiger partial charge is 0.354 e. The molecule has 0 saturated carbocycles. The van der Waals surface area contributed by atoms with E-state index in [2.05, 4.69) is 10.1 Å². The summed E-state index contributed by atoms with van der Waals surface area (Å²) in [6, 6.07) is 15.5. The van der Waals surface area contributed by atoms with E-state index in [1.807, 2.05) is 48.5 Å². The molecule has 0 amide bonds. The van der Waals surface area contributed by atoms with E-state index in [4.69, 9.17) is 10.3 Å². The molecule has 1 aromatic carbocycles. The zero-order valence-corrected chi connectivity index (χ0v) is 10.3. The molecule has 0 aliphatic rings. The molecule has 3 rings (SSSR count). The summed E-state index contributed by atoms with van der Waals surface area (Å²) in [6.45, 7) is 0.540. The van der Waals surface area contributed by atoms with Gasteiger partial charge < -0.3 is 10.3 Å². The van der Waals surface area contributed by atoms with E-state index in [1.54, 1.807) is 6.20 Å². The van der Waals surface area contributed by atoms with Crippen molar-refractivity contribution in [2.45, 2.75) is 6.54 Å². The first-order valence-corrected chi connectivity index (χ1v) is 6.04. The van der Waals surface area contributed by atoms with Crippen LogP contribution in [0, 0.1) is 0 Å². The fourth-order valence-electron chi connectivity index (χ4n) is 1.85. The number of rotatable bonds is 3. The summed E-state index contributed by atoms with van der Waals surface area (Å²) in [7, 11) is 0. The molecule has 94 valence electrons. The minimum absolute atomic E-state index is 0.540. The van der Waals surface area contributed by atoms with Crippen molar-refractivity contribution in [2.24, 2.45) is 5.73 Å². The van der Waals surface area contributed by atoms with E-state index < -0.39 is 0 Å². The van der Waals surface area contributed by atoms with Gasteiger partial charge >= 0.3 is 0 Å². The molecule has 2 heterocycles. The second-order valence-electron chi connectivity index (χ2n) is 4.19. The van der Waals surface area contributed by atoms with Gasteiger partial charge in [0.25, 0.3) is 0 Å². The van der Waals surface area contributed by atoms with Crippen molar-refractivity contribution in [3.63, 3.8) is 0 Å². The lowest BCUT2D eigenvalue weighted by Crippen LogP contribution is -1.95. The predicted octanol–water partition coefficient (Wildman–Crippen LogP) is 2.86. The van der Waals surface area contributed by atoms with E-state index in [1.165, 1.54) is 0 Å². The third-order valence-electron chi connectivity index (χ3n) is 2.91. The topological polar surface area (TPSA) is 64.9 Å². The second kappa shape index (κ2) is 5.04. The van der Waals surface area contributed by atoms with Crippen LogP contribution in [0.1, 0.15) is 5.56 Å². The van der Waals surface area contributed by atoms with Gasteiger partial charge in [-0.1, -0.05) is 35.5 Å². The number of aromatic nitrogens is 2. The molecule has 0 radical (unpaired) electrons. The number of nitrogens with zero attached hydrogens (tertiary/aromatic N) is 2. The van der Waals surface area contributed by atoms with Gasteiger partial charge in [0.15, 0.2) is 5.76 Å². The Hall–Kier alpha value is -2.46. The Morgan fingerprint density at radius 2 is 1.84 bits per heavy atom. The highest BCUT2D eigenvalue weighted by Crippen LogP contribution is 2.24. The molecule has 3 aromatic rings. The van der Waals surface area contributed by atoms with Gasteiger partial charge in [-0.05, 0) is 17.7 Å². The minimum atomic E-state index is 0.540. The summed E-state index contributed by atoms with van der Waals surface area (Å²) < 4.78 is 5.32. The molecular formula is C15H13N3O. The number of benzene rings is 1. The Morgan fingerprint density at radius 1 is 1.00 bits per heavy atom. The van der Waals surface area contributed by atoms with E-state index in [-0.39, 0.29) is 0 Å². The van der Waals surface area contributed by atoms with Crippen LogP contribution in [0.4, 0.5) is 0 Å². The number of hydrogen-bond acceptors (Lipinski definition) is 4. The van der Waals surface area contributed by atoms with Gasteiger partial charge in [-0.15, -0.1) is 0 Å². The van der Waals surface area contributed by atoms with Crippen molar-refractivity contribution in [2.75, 3.05) is 0 Å². The van der Waals surface area contributed by atoms with E-state index in [9.17, 15) is 0 Å². The third-order valence-corrected chi connectivity index (χ3v) is 2.91. The molecule has 0 spiro atoms. The van der Waals surface area contributed by atoms with Crippen molar-refractivity contribution >= 4 is 0 Å².